The molecule has 0 radical (unpaired) electrons. The number of nitrogen functional groups attached to an aromatic ring is 1. The second kappa shape index (κ2) is 10.9. The molecule has 0 unspecified atom stereocenters. The second-order valence-corrected chi connectivity index (χ2v) is 13.2. The molecule has 3 N–H and O–H groups in total. The summed E-state index contributed by atoms with van der Waals surface area (Å²) in [5.41, 5.74) is 4.42. The van der Waals surface area contributed by atoms with Crippen LogP contribution in [0.3, 0.4) is 0 Å². The highest BCUT2D eigenvalue weighted by Crippen LogP contribution is 2.47. The van der Waals surface area contributed by atoms with Crippen molar-refractivity contribution in [1.82, 2.24) is 25.2 Å². The van der Waals surface area contributed by atoms with Gasteiger partial charge >= 0.3 is 12.2 Å². The molecule has 7 rings (SSSR count). The standard InChI is InChI=1S/C32H38F5N7O/c1-4-19-14-44-20(12-39-19)6-7-21-17(3)23(27-25(32(35,36)37)16(2)10-22(38)40-27)26(34)28-24(21)29(44)42-30(41-28)45-15-31-8-5-9-43(31)13-18(33)11-31/h10,18-20,39H,4-9,11-15H2,1-3H3,(H2,38,40)/t18-,19-,20-,31+/m1/s1. The van der Waals surface area contributed by atoms with Crippen LogP contribution in [0.25, 0.3) is 22.2 Å². The van der Waals surface area contributed by atoms with E-state index < -0.39 is 35.0 Å². The fourth-order valence-corrected chi connectivity index (χ4v) is 8.20. The molecule has 0 spiro atoms. The average molecular weight is 632 g/mol. The van der Waals surface area contributed by atoms with E-state index in [0.29, 0.717) is 61.2 Å². The lowest BCUT2D eigenvalue weighted by atomic mass is 9.89. The molecule has 4 aliphatic rings. The highest BCUT2D eigenvalue weighted by molar-refractivity contribution is 5.98. The van der Waals surface area contributed by atoms with Crippen molar-refractivity contribution in [2.75, 3.05) is 43.4 Å². The summed E-state index contributed by atoms with van der Waals surface area (Å²) < 4.78 is 81.0. The van der Waals surface area contributed by atoms with Crippen molar-refractivity contribution in [3.05, 3.63) is 34.1 Å². The van der Waals surface area contributed by atoms with Gasteiger partial charge in [0, 0.05) is 49.1 Å². The van der Waals surface area contributed by atoms with Crippen LogP contribution in [0.5, 0.6) is 6.01 Å². The number of pyridine rings is 1. The van der Waals surface area contributed by atoms with Gasteiger partial charge < -0.3 is 20.7 Å². The number of hydrogen-bond donors (Lipinski definition) is 2. The minimum Gasteiger partial charge on any atom is -0.461 e. The van der Waals surface area contributed by atoms with Crippen LogP contribution >= 0.6 is 0 Å². The van der Waals surface area contributed by atoms with E-state index in [-0.39, 0.29) is 47.2 Å². The number of piperazine rings is 1. The molecule has 45 heavy (non-hydrogen) atoms. The zero-order valence-corrected chi connectivity index (χ0v) is 25.7. The maximum absolute atomic E-state index is 17.0. The number of aromatic nitrogens is 3. The topological polar surface area (TPSA) is 92.4 Å². The molecule has 3 fully saturated rings. The minimum absolute atomic E-state index is 0.0292. The van der Waals surface area contributed by atoms with Gasteiger partial charge in [-0.25, -0.2) is 13.8 Å². The molecule has 0 amide bonds. The Morgan fingerprint density at radius 2 is 1.98 bits per heavy atom. The Kier molecular flexibility index (Phi) is 7.34. The molecule has 3 saturated heterocycles. The summed E-state index contributed by atoms with van der Waals surface area (Å²) in [4.78, 5) is 17.8. The molecule has 6 heterocycles. The number of halogens is 5. The van der Waals surface area contributed by atoms with Crippen LogP contribution in [0.1, 0.15) is 61.3 Å². The van der Waals surface area contributed by atoms with Gasteiger partial charge in [-0.05, 0) is 75.3 Å². The maximum atomic E-state index is 17.0. The van der Waals surface area contributed by atoms with E-state index in [1.807, 2.05) is 0 Å². The third kappa shape index (κ3) is 4.97. The van der Waals surface area contributed by atoms with Crippen molar-refractivity contribution < 1.29 is 26.7 Å². The van der Waals surface area contributed by atoms with Crippen molar-refractivity contribution in [3.8, 4) is 17.3 Å². The molecular formula is C32H38F5N7O. The van der Waals surface area contributed by atoms with E-state index in [0.717, 1.165) is 31.9 Å². The number of nitrogens with one attached hydrogen (secondary N) is 1. The highest BCUT2D eigenvalue weighted by atomic mass is 19.4. The number of benzene rings is 1. The number of rotatable bonds is 5. The van der Waals surface area contributed by atoms with Gasteiger partial charge in [-0.2, -0.15) is 23.1 Å². The molecule has 0 aliphatic carbocycles. The first-order chi connectivity index (χ1) is 21.4. The Bertz CT molecular complexity index is 1670. The fraction of sp³-hybridized carbons (Fsp3) is 0.594. The first kappa shape index (κ1) is 30.3. The van der Waals surface area contributed by atoms with Crippen LogP contribution in [0.4, 0.5) is 33.6 Å². The monoisotopic (exact) mass is 631 g/mol. The predicted octanol–water partition coefficient (Wildman–Crippen LogP) is 5.51. The Balaban J connectivity index is 1.44. The zero-order valence-electron chi connectivity index (χ0n) is 25.7. The van der Waals surface area contributed by atoms with Crippen LogP contribution in [0, 0.1) is 19.7 Å². The normalized spacial score (nSPS) is 26.7. The number of fused-ring (bicyclic) bond motifs is 3. The maximum Gasteiger partial charge on any atom is 0.418 e. The smallest absolute Gasteiger partial charge is 0.418 e. The molecule has 0 saturated carbocycles. The summed E-state index contributed by atoms with van der Waals surface area (Å²) in [6.45, 7) is 7.62. The molecule has 2 aromatic heterocycles. The zero-order chi connectivity index (χ0) is 31.8. The van der Waals surface area contributed by atoms with Gasteiger partial charge in [0.1, 0.15) is 29.9 Å². The first-order valence-corrected chi connectivity index (χ1v) is 15.8. The molecule has 1 aromatic carbocycles. The van der Waals surface area contributed by atoms with Gasteiger partial charge in [0.25, 0.3) is 0 Å². The van der Waals surface area contributed by atoms with Crippen LogP contribution in [-0.4, -0.2) is 76.4 Å². The molecule has 3 aromatic rings. The Morgan fingerprint density at radius 3 is 2.73 bits per heavy atom. The van der Waals surface area contributed by atoms with E-state index in [9.17, 15) is 17.6 Å². The molecule has 8 nitrogen and oxygen atoms in total. The van der Waals surface area contributed by atoms with Crippen LogP contribution < -0.4 is 20.7 Å². The van der Waals surface area contributed by atoms with E-state index in [2.05, 4.69) is 32.0 Å². The van der Waals surface area contributed by atoms with Crippen molar-refractivity contribution in [2.24, 2.45) is 0 Å². The number of nitrogens with zero attached hydrogens (tertiary/aromatic N) is 5. The lowest BCUT2D eigenvalue weighted by molar-refractivity contribution is -0.137. The second-order valence-electron chi connectivity index (χ2n) is 13.2. The van der Waals surface area contributed by atoms with Crippen molar-refractivity contribution in [2.45, 2.75) is 89.3 Å². The van der Waals surface area contributed by atoms with Crippen LogP contribution in [0.15, 0.2) is 6.07 Å². The lowest BCUT2D eigenvalue weighted by Gasteiger charge is -2.40. The van der Waals surface area contributed by atoms with Gasteiger partial charge in [0.15, 0.2) is 5.82 Å². The van der Waals surface area contributed by atoms with Crippen LogP contribution in [0.2, 0.25) is 0 Å². The molecule has 0 bridgehead atoms. The third-order valence-corrected chi connectivity index (χ3v) is 10.4. The number of ether oxygens (including phenoxy) is 1. The average Bonchev–Trinajstić information content (AvgIpc) is 3.44. The van der Waals surface area contributed by atoms with Crippen molar-refractivity contribution >= 4 is 22.5 Å². The fourth-order valence-electron chi connectivity index (χ4n) is 8.20. The largest absolute Gasteiger partial charge is 0.461 e. The number of anilines is 2. The van der Waals surface area contributed by atoms with Crippen molar-refractivity contribution in [3.63, 3.8) is 0 Å². The third-order valence-electron chi connectivity index (χ3n) is 10.4. The summed E-state index contributed by atoms with van der Waals surface area (Å²) in [5.74, 6) is -0.539. The minimum atomic E-state index is -4.79. The molecule has 242 valence electrons. The van der Waals surface area contributed by atoms with Crippen LogP contribution in [-0.2, 0) is 12.6 Å². The number of hydrogen-bond acceptors (Lipinski definition) is 8. The Labute approximate surface area is 258 Å². The summed E-state index contributed by atoms with van der Waals surface area (Å²) in [6.07, 6.45) is -1.66. The SMILES string of the molecule is CC[C@@H]1CN2c3nc(OC[C@@]45CCCN4C[C@H](F)C5)nc4c(F)c(-c5nc(N)cc(C)c5C(F)(F)F)c(C)c(c34)CC[C@@H]2CN1. The van der Waals surface area contributed by atoms with Gasteiger partial charge in [0.2, 0.25) is 0 Å². The number of alkyl halides is 4. The molecule has 13 heteroatoms. The molecule has 4 atom stereocenters. The number of nitrogens with two attached hydrogens (primary N) is 1. The van der Waals surface area contributed by atoms with E-state index >= 15 is 4.39 Å². The Morgan fingerprint density at radius 1 is 1.18 bits per heavy atom. The quantitative estimate of drug-likeness (QED) is 0.357. The summed E-state index contributed by atoms with van der Waals surface area (Å²) >= 11 is 0. The summed E-state index contributed by atoms with van der Waals surface area (Å²) in [7, 11) is 0. The van der Waals surface area contributed by atoms with Crippen molar-refractivity contribution in [1.29, 1.82) is 0 Å². The van der Waals surface area contributed by atoms with E-state index in [1.54, 1.807) is 6.92 Å². The van der Waals surface area contributed by atoms with Gasteiger partial charge in [-0.15, -0.1) is 0 Å². The lowest BCUT2D eigenvalue weighted by Crippen LogP contribution is -2.56. The Hall–Kier alpha value is -3.32. The van der Waals surface area contributed by atoms with E-state index in [1.165, 1.54) is 6.92 Å². The van der Waals surface area contributed by atoms with E-state index in [4.69, 9.17) is 15.5 Å². The molecule has 4 aliphatic heterocycles. The first-order valence-electron chi connectivity index (χ1n) is 15.8. The highest BCUT2D eigenvalue weighted by Gasteiger charge is 2.49. The van der Waals surface area contributed by atoms with Gasteiger partial charge in [-0.1, -0.05) is 6.92 Å². The predicted molar refractivity (Wildman–Crippen MR) is 162 cm³/mol. The summed E-state index contributed by atoms with van der Waals surface area (Å²) in [5, 5.41) is 4.07. The summed E-state index contributed by atoms with van der Waals surface area (Å²) in [6, 6.07) is 1.29. The number of aryl methyl sites for hydroxylation is 2. The van der Waals surface area contributed by atoms with Gasteiger partial charge in [0.05, 0.1) is 16.8 Å². The molecular weight excluding hydrogens is 593 g/mol. The van der Waals surface area contributed by atoms with Gasteiger partial charge in [-0.3, -0.25) is 4.90 Å².